The van der Waals surface area contributed by atoms with Crippen molar-refractivity contribution < 1.29 is 9.21 Å². The van der Waals surface area contributed by atoms with Gasteiger partial charge in [0.15, 0.2) is 5.76 Å². The number of nitrogens with one attached hydrogen (secondary N) is 1. The van der Waals surface area contributed by atoms with Crippen LogP contribution in [0.1, 0.15) is 40.5 Å². The molecule has 1 N–H and O–H groups in total. The van der Waals surface area contributed by atoms with Gasteiger partial charge in [-0.15, -0.1) is 0 Å². The van der Waals surface area contributed by atoms with Gasteiger partial charge < -0.3 is 9.73 Å². The van der Waals surface area contributed by atoms with E-state index in [1.165, 1.54) is 12.8 Å². The van der Waals surface area contributed by atoms with Crippen LogP contribution in [0.15, 0.2) is 22.6 Å². The van der Waals surface area contributed by atoms with E-state index in [0.717, 1.165) is 23.7 Å². The Hall–Kier alpha value is -2.04. The quantitative estimate of drug-likeness (QED) is 0.909. The molecule has 2 aromatic rings. The zero-order valence-corrected chi connectivity index (χ0v) is 11.8. The molecule has 0 spiro atoms. The molecule has 5 heteroatoms. The molecule has 2 aromatic heterocycles. The van der Waals surface area contributed by atoms with Crippen molar-refractivity contribution in [2.24, 2.45) is 5.92 Å². The summed E-state index contributed by atoms with van der Waals surface area (Å²) in [5.41, 5.74) is 2.06. The van der Waals surface area contributed by atoms with Gasteiger partial charge in [-0.2, -0.15) is 5.10 Å². The maximum atomic E-state index is 11.9. The summed E-state index contributed by atoms with van der Waals surface area (Å²) in [4.78, 5) is 11.9. The van der Waals surface area contributed by atoms with E-state index in [4.69, 9.17) is 4.42 Å². The Morgan fingerprint density at radius 2 is 2.25 bits per heavy atom. The van der Waals surface area contributed by atoms with Crippen LogP contribution in [0.5, 0.6) is 0 Å². The molecule has 0 bridgehead atoms. The molecule has 0 aromatic carbocycles. The Bertz CT molecular complexity index is 623. The highest BCUT2D eigenvalue weighted by Crippen LogP contribution is 2.27. The lowest BCUT2D eigenvalue weighted by Crippen LogP contribution is -2.25. The molecule has 3 rings (SSSR count). The Labute approximate surface area is 118 Å². The van der Waals surface area contributed by atoms with Crippen LogP contribution in [0, 0.1) is 19.8 Å². The third-order valence-electron chi connectivity index (χ3n) is 3.54. The van der Waals surface area contributed by atoms with Gasteiger partial charge in [0.2, 0.25) is 0 Å². The SMILES string of the molecule is Cc1cc(C)n(Cc2ccc(C(=O)NCC3CC3)o2)n1. The number of carbonyl (C=O) groups excluding carboxylic acids is 1. The summed E-state index contributed by atoms with van der Waals surface area (Å²) in [6.45, 7) is 5.27. The fourth-order valence-electron chi connectivity index (χ4n) is 2.21. The third-order valence-corrected chi connectivity index (χ3v) is 3.54. The zero-order chi connectivity index (χ0) is 14.1. The van der Waals surface area contributed by atoms with Gasteiger partial charge in [0.1, 0.15) is 5.76 Å². The highest BCUT2D eigenvalue weighted by Gasteiger charge is 2.22. The van der Waals surface area contributed by atoms with Crippen LogP contribution in [-0.2, 0) is 6.54 Å². The summed E-state index contributed by atoms with van der Waals surface area (Å²) < 4.78 is 7.47. The summed E-state index contributed by atoms with van der Waals surface area (Å²) in [5, 5.41) is 7.28. The molecule has 0 radical (unpaired) electrons. The van der Waals surface area contributed by atoms with Crippen LogP contribution in [0.25, 0.3) is 0 Å². The second-order valence-electron chi connectivity index (χ2n) is 5.50. The average molecular weight is 273 g/mol. The number of nitrogens with zero attached hydrogens (tertiary/aromatic N) is 2. The van der Waals surface area contributed by atoms with Crippen molar-refractivity contribution in [3.63, 3.8) is 0 Å². The van der Waals surface area contributed by atoms with Gasteiger partial charge in [-0.25, -0.2) is 0 Å². The van der Waals surface area contributed by atoms with Gasteiger partial charge >= 0.3 is 0 Å². The Kier molecular flexibility index (Phi) is 3.34. The minimum Gasteiger partial charge on any atom is -0.454 e. The first-order valence-corrected chi connectivity index (χ1v) is 7.00. The van der Waals surface area contributed by atoms with Gasteiger partial charge in [-0.1, -0.05) is 0 Å². The van der Waals surface area contributed by atoms with Gasteiger partial charge in [-0.05, 0) is 50.8 Å². The zero-order valence-electron chi connectivity index (χ0n) is 11.8. The lowest BCUT2D eigenvalue weighted by Gasteiger charge is -2.02. The maximum Gasteiger partial charge on any atom is 0.287 e. The standard InChI is InChI=1S/C15H19N3O2/c1-10-7-11(2)18(17-10)9-13-5-6-14(20-13)15(19)16-8-12-3-4-12/h5-7,12H,3-4,8-9H2,1-2H3,(H,16,19). The van der Waals surface area contributed by atoms with Crippen LogP contribution < -0.4 is 5.32 Å². The number of carbonyl (C=O) groups is 1. The van der Waals surface area contributed by atoms with Crippen LogP contribution >= 0.6 is 0 Å². The van der Waals surface area contributed by atoms with Crippen LogP contribution in [0.2, 0.25) is 0 Å². The van der Waals surface area contributed by atoms with E-state index in [9.17, 15) is 4.79 Å². The minimum atomic E-state index is -0.128. The molecule has 2 heterocycles. The molecule has 0 unspecified atom stereocenters. The smallest absolute Gasteiger partial charge is 0.287 e. The van der Waals surface area contributed by atoms with Crippen molar-refractivity contribution in [1.82, 2.24) is 15.1 Å². The molecule has 1 fully saturated rings. The number of hydrogen-bond donors (Lipinski definition) is 1. The molecule has 0 saturated heterocycles. The first-order valence-electron chi connectivity index (χ1n) is 7.00. The largest absolute Gasteiger partial charge is 0.454 e. The summed E-state index contributed by atoms with van der Waals surface area (Å²) in [6.07, 6.45) is 2.45. The van der Waals surface area contributed by atoms with Crippen molar-refractivity contribution in [2.45, 2.75) is 33.2 Å². The predicted octanol–water partition coefficient (Wildman–Crippen LogP) is 2.28. The number of aromatic nitrogens is 2. The van der Waals surface area contributed by atoms with Crippen LogP contribution in [0.4, 0.5) is 0 Å². The van der Waals surface area contributed by atoms with Crippen molar-refractivity contribution >= 4 is 5.91 Å². The summed E-state index contributed by atoms with van der Waals surface area (Å²) >= 11 is 0. The first-order chi connectivity index (χ1) is 9.61. The molecule has 0 atom stereocenters. The molecule has 1 amide bonds. The molecule has 1 aliphatic rings. The first kappa shape index (κ1) is 13.0. The highest BCUT2D eigenvalue weighted by molar-refractivity contribution is 5.91. The summed E-state index contributed by atoms with van der Waals surface area (Å²) in [6, 6.07) is 5.58. The Morgan fingerprint density at radius 3 is 2.90 bits per heavy atom. The Morgan fingerprint density at radius 1 is 1.45 bits per heavy atom. The van der Waals surface area contributed by atoms with E-state index in [2.05, 4.69) is 10.4 Å². The number of furan rings is 1. The van der Waals surface area contributed by atoms with E-state index in [1.807, 2.05) is 30.7 Å². The van der Waals surface area contributed by atoms with Crippen molar-refractivity contribution in [2.75, 3.05) is 6.54 Å². The second kappa shape index (κ2) is 5.15. The molecule has 0 aliphatic heterocycles. The fourth-order valence-corrected chi connectivity index (χ4v) is 2.21. The normalized spacial score (nSPS) is 14.5. The van der Waals surface area contributed by atoms with Gasteiger partial charge in [0.05, 0.1) is 12.2 Å². The lowest BCUT2D eigenvalue weighted by molar-refractivity contribution is 0.0922. The van der Waals surface area contributed by atoms with E-state index in [1.54, 1.807) is 6.07 Å². The van der Waals surface area contributed by atoms with E-state index in [-0.39, 0.29) is 5.91 Å². The predicted molar refractivity (Wildman–Crippen MR) is 74.6 cm³/mol. The Balaban J connectivity index is 1.63. The topological polar surface area (TPSA) is 60.1 Å². The van der Waals surface area contributed by atoms with Crippen LogP contribution in [-0.4, -0.2) is 22.2 Å². The molecule has 20 heavy (non-hydrogen) atoms. The van der Waals surface area contributed by atoms with Crippen molar-refractivity contribution in [3.8, 4) is 0 Å². The molecule has 5 nitrogen and oxygen atoms in total. The van der Waals surface area contributed by atoms with Gasteiger partial charge in [0, 0.05) is 12.2 Å². The van der Waals surface area contributed by atoms with Crippen molar-refractivity contribution in [3.05, 3.63) is 41.1 Å². The number of hydrogen-bond acceptors (Lipinski definition) is 3. The van der Waals surface area contributed by atoms with Gasteiger partial charge in [0.25, 0.3) is 5.91 Å². The monoisotopic (exact) mass is 273 g/mol. The third kappa shape index (κ3) is 2.92. The van der Waals surface area contributed by atoms with Crippen LogP contribution in [0.3, 0.4) is 0 Å². The maximum absolute atomic E-state index is 11.9. The summed E-state index contributed by atoms with van der Waals surface area (Å²) in [5.74, 6) is 1.66. The number of aryl methyl sites for hydroxylation is 2. The molecular weight excluding hydrogens is 254 g/mol. The molecule has 1 saturated carbocycles. The van der Waals surface area contributed by atoms with Crippen molar-refractivity contribution in [1.29, 1.82) is 0 Å². The molecule has 1 aliphatic carbocycles. The fraction of sp³-hybridized carbons (Fsp3) is 0.467. The van der Waals surface area contributed by atoms with E-state index in [0.29, 0.717) is 18.2 Å². The minimum absolute atomic E-state index is 0.128. The molecule has 106 valence electrons. The highest BCUT2D eigenvalue weighted by atomic mass is 16.4. The lowest BCUT2D eigenvalue weighted by atomic mass is 10.3. The van der Waals surface area contributed by atoms with E-state index < -0.39 is 0 Å². The van der Waals surface area contributed by atoms with Gasteiger partial charge in [-0.3, -0.25) is 9.48 Å². The average Bonchev–Trinajstić information content (AvgIpc) is 3.03. The summed E-state index contributed by atoms with van der Waals surface area (Å²) in [7, 11) is 0. The van der Waals surface area contributed by atoms with E-state index >= 15 is 0 Å². The molecular formula is C15H19N3O2. The number of amides is 1. The number of rotatable bonds is 5. The second-order valence-corrected chi connectivity index (χ2v) is 5.50.